The van der Waals surface area contributed by atoms with Crippen LogP contribution in [0.25, 0.3) is 11.1 Å². The van der Waals surface area contributed by atoms with E-state index in [1.807, 2.05) is 0 Å². The standard InChI is InChI=1S/C20H21N3O6/c1-9-18(26)23-14(20(28)29)7-10-2-4-15(24)12(6-10)13-8-11(3-5-16(13)25)17(21)19(27)22-9/h2-6,8-9,14,17,24-25H,7,21H2,1H3,(H,22,27)(H,23,26)(H,28,29)/t9-,14-,17-/m0/s1. The Morgan fingerprint density at radius 1 is 1.00 bits per heavy atom. The van der Waals surface area contributed by atoms with Gasteiger partial charge in [0.25, 0.3) is 0 Å². The molecule has 0 aliphatic carbocycles. The summed E-state index contributed by atoms with van der Waals surface area (Å²) in [7, 11) is 0. The summed E-state index contributed by atoms with van der Waals surface area (Å²) >= 11 is 0. The number of phenolic OH excluding ortho intramolecular Hbond substituents is 2. The fourth-order valence-electron chi connectivity index (χ4n) is 3.14. The van der Waals surface area contributed by atoms with E-state index < -0.39 is 35.9 Å². The highest BCUT2D eigenvalue weighted by atomic mass is 16.4. The predicted molar refractivity (Wildman–Crippen MR) is 103 cm³/mol. The van der Waals surface area contributed by atoms with Gasteiger partial charge in [-0.1, -0.05) is 12.1 Å². The molecule has 9 nitrogen and oxygen atoms in total. The molecule has 9 heteroatoms. The molecule has 0 spiro atoms. The number of carbonyl (C=O) groups is 3. The SMILES string of the molecule is C[C@@H]1NC(=O)[C@@H](N)c2ccc(O)c(c2)-c2cc(ccc2O)C[C@@H](C(=O)O)NC1=O. The van der Waals surface area contributed by atoms with Crippen molar-refractivity contribution in [1.82, 2.24) is 10.6 Å². The van der Waals surface area contributed by atoms with Crippen molar-refractivity contribution < 1.29 is 29.7 Å². The van der Waals surface area contributed by atoms with Gasteiger partial charge < -0.3 is 31.7 Å². The highest BCUT2D eigenvalue weighted by molar-refractivity contribution is 5.92. The molecule has 0 fully saturated rings. The van der Waals surface area contributed by atoms with Gasteiger partial charge in [0.15, 0.2) is 0 Å². The third kappa shape index (κ3) is 4.14. The van der Waals surface area contributed by atoms with E-state index in [1.165, 1.54) is 43.3 Å². The second-order valence-corrected chi connectivity index (χ2v) is 6.94. The predicted octanol–water partition coefficient (Wildman–Crippen LogP) is 0.395. The van der Waals surface area contributed by atoms with E-state index in [2.05, 4.69) is 10.6 Å². The lowest BCUT2D eigenvalue weighted by molar-refractivity contribution is -0.142. The van der Waals surface area contributed by atoms with E-state index in [-0.39, 0.29) is 29.0 Å². The average molecular weight is 399 g/mol. The van der Waals surface area contributed by atoms with Crippen LogP contribution in [0.15, 0.2) is 36.4 Å². The molecular formula is C20H21N3O6. The molecule has 1 heterocycles. The number of nitrogens with two attached hydrogens (primary N) is 1. The number of rotatable bonds is 1. The summed E-state index contributed by atoms with van der Waals surface area (Å²) in [5.41, 5.74) is 7.38. The first-order valence-electron chi connectivity index (χ1n) is 8.91. The van der Waals surface area contributed by atoms with Crippen LogP contribution in [0.4, 0.5) is 0 Å². The lowest BCUT2D eigenvalue weighted by Crippen LogP contribution is -2.52. The van der Waals surface area contributed by atoms with E-state index >= 15 is 0 Å². The number of amides is 2. The molecule has 152 valence electrons. The van der Waals surface area contributed by atoms with Crippen molar-refractivity contribution in [2.24, 2.45) is 5.73 Å². The van der Waals surface area contributed by atoms with Gasteiger partial charge in [0.2, 0.25) is 11.8 Å². The number of hydrogen-bond donors (Lipinski definition) is 6. The Kier molecular flexibility index (Phi) is 5.42. The third-order valence-electron chi connectivity index (χ3n) is 4.82. The number of fused-ring (bicyclic) bond motifs is 5. The number of phenols is 2. The highest BCUT2D eigenvalue weighted by Crippen LogP contribution is 2.37. The van der Waals surface area contributed by atoms with Crippen LogP contribution in [-0.4, -0.2) is 45.2 Å². The summed E-state index contributed by atoms with van der Waals surface area (Å²) in [6, 6.07) is 5.32. The summed E-state index contributed by atoms with van der Waals surface area (Å²) in [4.78, 5) is 36.4. The summed E-state index contributed by atoms with van der Waals surface area (Å²) in [6.45, 7) is 1.42. The number of aromatic hydroxyl groups is 2. The minimum atomic E-state index is -1.25. The van der Waals surface area contributed by atoms with E-state index in [1.54, 1.807) is 0 Å². The largest absolute Gasteiger partial charge is 0.507 e. The van der Waals surface area contributed by atoms with Gasteiger partial charge in [-0.2, -0.15) is 0 Å². The Morgan fingerprint density at radius 3 is 2.28 bits per heavy atom. The molecule has 29 heavy (non-hydrogen) atoms. The van der Waals surface area contributed by atoms with Crippen LogP contribution in [-0.2, 0) is 20.8 Å². The number of carboxylic acids is 1. The monoisotopic (exact) mass is 399 g/mol. The molecule has 1 aliphatic rings. The lowest BCUT2D eigenvalue weighted by Gasteiger charge is -2.22. The smallest absolute Gasteiger partial charge is 0.326 e. The van der Waals surface area contributed by atoms with Crippen molar-refractivity contribution in [3.8, 4) is 22.6 Å². The van der Waals surface area contributed by atoms with Crippen LogP contribution >= 0.6 is 0 Å². The van der Waals surface area contributed by atoms with Crippen molar-refractivity contribution in [3.05, 3.63) is 47.5 Å². The maximum absolute atomic E-state index is 12.4. The quantitative estimate of drug-likeness (QED) is 0.404. The molecule has 0 radical (unpaired) electrons. The van der Waals surface area contributed by atoms with E-state index in [0.717, 1.165) is 0 Å². The minimum Gasteiger partial charge on any atom is -0.507 e. The van der Waals surface area contributed by atoms with E-state index in [9.17, 15) is 29.7 Å². The Labute approximate surface area is 166 Å². The van der Waals surface area contributed by atoms with Gasteiger partial charge in [-0.25, -0.2) is 4.79 Å². The van der Waals surface area contributed by atoms with Crippen LogP contribution in [0.1, 0.15) is 24.1 Å². The maximum atomic E-state index is 12.4. The van der Waals surface area contributed by atoms with Crippen LogP contribution in [0, 0.1) is 0 Å². The van der Waals surface area contributed by atoms with Crippen LogP contribution in [0.2, 0.25) is 0 Å². The zero-order chi connectivity index (χ0) is 21.3. The lowest BCUT2D eigenvalue weighted by atomic mass is 9.94. The number of nitrogens with one attached hydrogen (secondary N) is 2. The van der Waals surface area contributed by atoms with Crippen molar-refractivity contribution >= 4 is 17.8 Å². The summed E-state index contributed by atoms with van der Waals surface area (Å²) in [5.74, 6) is -2.85. The van der Waals surface area contributed by atoms with Crippen molar-refractivity contribution in [2.75, 3.05) is 0 Å². The molecule has 0 saturated carbocycles. The number of hydrogen-bond acceptors (Lipinski definition) is 6. The van der Waals surface area contributed by atoms with E-state index in [0.29, 0.717) is 11.1 Å². The van der Waals surface area contributed by atoms with E-state index in [4.69, 9.17) is 5.73 Å². The molecule has 0 saturated heterocycles. The molecule has 3 rings (SSSR count). The Hall–Kier alpha value is -3.59. The number of aliphatic carboxylic acids is 1. The first kappa shape index (κ1) is 20.2. The Balaban J connectivity index is 2.17. The third-order valence-corrected chi connectivity index (χ3v) is 4.82. The van der Waals surface area contributed by atoms with Gasteiger partial charge in [-0.3, -0.25) is 9.59 Å². The van der Waals surface area contributed by atoms with Gasteiger partial charge in [0.1, 0.15) is 29.6 Å². The van der Waals surface area contributed by atoms with Crippen molar-refractivity contribution in [3.63, 3.8) is 0 Å². The number of carboxylic acid groups (broad SMARTS) is 1. The molecule has 7 N–H and O–H groups in total. The molecule has 0 unspecified atom stereocenters. The minimum absolute atomic E-state index is 0.0605. The molecule has 2 aromatic rings. The molecule has 4 bridgehead atoms. The molecule has 2 aromatic carbocycles. The second kappa shape index (κ2) is 7.80. The van der Waals surface area contributed by atoms with Gasteiger partial charge in [-0.05, 0) is 42.3 Å². The Bertz CT molecular complexity index is 990. The first-order chi connectivity index (χ1) is 13.7. The normalized spacial score (nSPS) is 22.2. The maximum Gasteiger partial charge on any atom is 0.326 e. The highest BCUT2D eigenvalue weighted by Gasteiger charge is 2.27. The zero-order valence-corrected chi connectivity index (χ0v) is 15.5. The summed E-state index contributed by atoms with van der Waals surface area (Å²) in [6.07, 6.45) is -0.0605. The topological polar surface area (TPSA) is 162 Å². The fourth-order valence-corrected chi connectivity index (χ4v) is 3.14. The summed E-state index contributed by atoms with van der Waals surface area (Å²) < 4.78 is 0. The average Bonchev–Trinajstić information content (AvgIpc) is 2.67. The molecule has 1 aliphatic heterocycles. The van der Waals surface area contributed by atoms with Crippen molar-refractivity contribution in [1.29, 1.82) is 0 Å². The summed E-state index contributed by atoms with van der Waals surface area (Å²) in [5, 5.41) is 34.9. The van der Waals surface area contributed by atoms with Crippen LogP contribution < -0.4 is 16.4 Å². The van der Waals surface area contributed by atoms with Crippen LogP contribution in [0.3, 0.4) is 0 Å². The molecule has 0 aromatic heterocycles. The Morgan fingerprint density at radius 2 is 1.62 bits per heavy atom. The molecular weight excluding hydrogens is 378 g/mol. The van der Waals surface area contributed by atoms with Gasteiger partial charge in [0, 0.05) is 17.5 Å². The van der Waals surface area contributed by atoms with Gasteiger partial charge in [-0.15, -0.1) is 0 Å². The number of benzene rings is 2. The molecule has 2 amide bonds. The zero-order valence-electron chi connectivity index (χ0n) is 15.5. The van der Waals surface area contributed by atoms with Crippen molar-refractivity contribution in [2.45, 2.75) is 31.5 Å². The van der Waals surface area contributed by atoms with Gasteiger partial charge in [0.05, 0.1) is 0 Å². The second-order valence-electron chi connectivity index (χ2n) is 6.94. The van der Waals surface area contributed by atoms with Crippen LogP contribution in [0.5, 0.6) is 11.5 Å². The fraction of sp³-hybridized carbons (Fsp3) is 0.250. The van der Waals surface area contributed by atoms with Gasteiger partial charge >= 0.3 is 5.97 Å². The molecule has 3 atom stereocenters. The number of carbonyl (C=O) groups excluding carboxylic acids is 2. The first-order valence-corrected chi connectivity index (χ1v) is 8.91.